The summed E-state index contributed by atoms with van der Waals surface area (Å²) in [6.45, 7) is 2.79. The van der Waals surface area contributed by atoms with E-state index in [0.717, 1.165) is 18.4 Å². The quantitative estimate of drug-likeness (QED) is 0.609. The summed E-state index contributed by atoms with van der Waals surface area (Å²) in [6, 6.07) is 7.47. The molecule has 0 atom stereocenters. The zero-order valence-electron chi connectivity index (χ0n) is 10.6. The summed E-state index contributed by atoms with van der Waals surface area (Å²) >= 11 is 12.7. The van der Waals surface area contributed by atoms with E-state index in [1.54, 1.807) is 4.90 Å². The van der Waals surface area contributed by atoms with Gasteiger partial charge in [0.1, 0.15) is 4.32 Å². The van der Waals surface area contributed by atoms with Crippen molar-refractivity contribution < 1.29 is 4.79 Å². The van der Waals surface area contributed by atoms with Gasteiger partial charge in [-0.2, -0.15) is 0 Å². The summed E-state index contributed by atoms with van der Waals surface area (Å²) in [6.07, 6.45) is 3.82. The molecule has 1 amide bonds. The zero-order chi connectivity index (χ0) is 13.8. The second-order valence-corrected chi connectivity index (χ2v) is 6.29. The molecule has 0 unspecified atom stereocenters. The van der Waals surface area contributed by atoms with E-state index in [2.05, 4.69) is 6.92 Å². The van der Waals surface area contributed by atoms with Crippen LogP contribution in [0.15, 0.2) is 29.2 Å². The van der Waals surface area contributed by atoms with Crippen molar-refractivity contribution in [1.29, 1.82) is 0 Å². The number of benzene rings is 1. The standard InChI is InChI=1S/C14H14ClNOS2/c1-2-3-8-16-13(17)12(19-14(16)18)9-10-6-4-5-7-11(10)15/h4-7,9H,2-3,8H2,1H3/b12-9+. The first-order chi connectivity index (χ1) is 9.13. The van der Waals surface area contributed by atoms with Crippen LogP contribution >= 0.6 is 35.6 Å². The van der Waals surface area contributed by atoms with Gasteiger partial charge in [0, 0.05) is 11.6 Å². The molecule has 19 heavy (non-hydrogen) atoms. The Balaban J connectivity index is 2.21. The lowest BCUT2D eigenvalue weighted by Gasteiger charge is -2.13. The van der Waals surface area contributed by atoms with Gasteiger partial charge in [0.25, 0.3) is 5.91 Å². The number of amides is 1. The monoisotopic (exact) mass is 311 g/mol. The Morgan fingerprint density at radius 1 is 1.42 bits per heavy atom. The van der Waals surface area contributed by atoms with Crippen molar-refractivity contribution in [3.8, 4) is 0 Å². The fourth-order valence-electron chi connectivity index (χ4n) is 1.74. The Kier molecular flexibility index (Phi) is 5.02. The average molecular weight is 312 g/mol. The summed E-state index contributed by atoms with van der Waals surface area (Å²) in [7, 11) is 0. The summed E-state index contributed by atoms with van der Waals surface area (Å²) in [5.41, 5.74) is 0.847. The van der Waals surface area contributed by atoms with Gasteiger partial charge in [-0.3, -0.25) is 9.69 Å². The molecule has 1 fully saturated rings. The van der Waals surface area contributed by atoms with E-state index < -0.39 is 0 Å². The van der Waals surface area contributed by atoms with Crippen LogP contribution in [-0.4, -0.2) is 21.7 Å². The molecule has 0 spiro atoms. The van der Waals surface area contributed by atoms with Gasteiger partial charge >= 0.3 is 0 Å². The van der Waals surface area contributed by atoms with Gasteiger partial charge in [0.2, 0.25) is 0 Å². The minimum atomic E-state index is -0.0108. The van der Waals surface area contributed by atoms with Crippen molar-refractivity contribution in [2.45, 2.75) is 19.8 Å². The highest BCUT2D eigenvalue weighted by atomic mass is 35.5. The molecule has 2 rings (SSSR count). The van der Waals surface area contributed by atoms with Gasteiger partial charge in [-0.05, 0) is 24.1 Å². The summed E-state index contributed by atoms with van der Waals surface area (Å²) in [4.78, 5) is 14.6. The predicted octanol–water partition coefficient (Wildman–Crippen LogP) is 4.34. The molecule has 0 aliphatic carbocycles. The maximum absolute atomic E-state index is 12.2. The molecule has 5 heteroatoms. The number of unbranched alkanes of at least 4 members (excludes halogenated alkanes) is 1. The van der Waals surface area contributed by atoms with Crippen LogP contribution in [-0.2, 0) is 4.79 Å². The van der Waals surface area contributed by atoms with Crippen LogP contribution in [0.5, 0.6) is 0 Å². The largest absolute Gasteiger partial charge is 0.293 e. The molecule has 1 aliphatic heterocycles. The minimum absolute atomic E-state index is 0.0108. The van der Waals surface area contributed by atoms with Crippen LogP contribution in [0, 0.1) is 0 Å². The lowest BCUT2D eigenvalue weighted by Crippen LogP contribution is -2.28. The number of carbonyl (C=O) groups excluding carboxylic acids is 1. The van der Waals surface area contributed by atoms with Crippen molar-refractivity contribution in [3.63, 3.8) is 0 Å². The third-order valence-electron chi connectivity index (χ3n) is 2.80. The highest BCUT2D eigenvalue weighted by Crippen LogP contribution is 2.33. The first kappa shape index (κ1) is 14.6. The van der Waals surface area contributed by atoms with Gasteiger partial charge in [-0.15, -0.1) is 0 Å². The van der Waals surface area contributed by atoms with Gasteiger partial charge < -0.3 is 0 Å². The Morgan fingerprint density at radius 3 is 2.84 bits per heavy atom. The molecule has 1 aromatic rings. The van der Waals surface area contributed by atoms with Crippen molar-refractivity contribution in [2.24, 2.45) is 0 Å². The van der Waals surface area contributed by atoms with E-state index in [0.29, 0.717) is 20.8 Å². The number of carbonyl (C=O) groups is 1. The maximum Gasteiger partial charge on any atom is 0.266 e. The molecule has 1 aromatic carbocycles. The molecule has 1 aliphatic rings. The first-order valence-electron chi connectivity index (χ1n) is 6.13. The predicted molar refractivity (Wildman–Crippen MR) is 86.2 cm³/mol. The normalized spacial score (nSPS) is 17.6. The molecule has 0 radical (unpaired) electrons. The fourth-order valence-corrected chi connectivity index (χ4v) is 3.23. The van der Waals surface area contributed by atoms with E-state index in [1.165, 1.54) is 11.8 Å². The van der Waals surface area contributed by atoms with Gasteiger partial charge in [-0.1, -0.05) is 67.1 Å². The van der Waals surface area contributed by atoms with Crippen molar-refractivity contribution in [1.82, 2.24) is 4.90 Å². The molecular weight excluding hydrogens is 298 g/mol. The van der Waals surface area contributed by atoms with E-state index in [4.69, 9.17) is 23.8 Å². The fraction of sp³-hybridized carbons (Fsp3) is 0.286. The van der Waals surface area contributed by atoms with Gasteiger partial charge in [0.15, 0.2) is 0 Å². The van der Waals surface area contributed by atoms with E-state index in [-0.39, 0.29) is 5.91 Å². The minimum Gasteiger partial charge on any atom is -0.293 e. The number of thioether (sulfide) groups is 1. The van der Waals surface area contributed by atoms with Crippen LogP contribution in [0.25, 0.3) is 6.08 Å². The molecule has 2 nitrogen and oxygen atoms in total. The Morgan fingerprint density at radius 2 is 2.16 bits per heavy atom. The molecule has 0 aromatic heterocycles. The van der Waals surface area contributed by atoms with Crippen LogP contribution in [0.2, 0.25) is 5.02 Å². The average Bonchev–Trinajstić information content (AvgIpc) is 2.65. The number of hydrogen-bond acceptors (Lipinski definition) is 3. The van der Waals surface area contributed by atoms with E-state index in [9.17, 15) is 4.79 Å². The van der Waals surface area contributed by atoms with Crippen LogP contribution in [0.1, 0.15) is 25.3 Å². The topological polar surface area (TPSA) is 20.3 Å². The Bertz CT molecular complexity index is 542. The number of thiocarbonyl (C=S) groups is 1. The van der Waals surface area contributed by atoms with Gasteiger partial charge in [0.05, 0.1) is 4.91 Å². The number of nitrogens with zero attached hydrogens (tertiary/aromatic N) is 1. The zero-order valence-corrected chi connectivity index (χ0v) is 12.9. The third-order valence-corrected chi connectivity index (χ3v) is 4.52. The van der Waals surface area contributed by atoms with E-state index >= 15 is 0 Å². The smallest absolute Gasteiger partial charge is 0.266 e. The Labute approximate surface area is 127 Å². The SMILES string of the molecule is CCCCN1C(=O)/C(=C\c2ccccc2Cl)SC1=S. The second-order valence-electron chi connectivity index (χ2n) is 4.21. The second kappa shape index (κ2) is 6.55. The molecule has 1 heterocycles. The highest BCUT2D eigenvalue weighted by Gasteiger charge is 2.31. The van der Waals surface area contributed by atoms with Crippen LogP contribution in [0.3, 0.4) is 0 Å². The lowest BCUT2D eigenvalue weighted by molar-refractivity contribution is -0.122. The highest BCUT2D eigenvalue weighted by molar-refractivity contribution is 8.26. The number of hydrogen-bond donors (Lipinski definition) is 0. The lowest BCUT2D eigenvalue weighted by atomic mass is 10.2. The first-order valence-corrected chi connectivity index (χ1v) is 7.73. The van der Waals surface area contributed by atoms with Crippen LogP contribution in [0.4, 0.5) is 0 Å². The summed E-state index contributed by atoms with van der Waals surface area (Å²) < 4.78 is 0.636. The molecule has 0 N–H and O–H groups in total. The van der Waals surface area contributed by atoms with Crippen LogP contribution < -0.4 is 0 Å². The third kappa shape index (κ3) is 3.38. The molecular formula is C14H14ClNOS2. The number of halogens is 1. The molecule has 100 valence electrons. The Hall–Kier alpha value is -0.840. The summed E-state index contributed by atoms with van der Waals surface area (Å²) in [5, 5.41) is 0.640. The molecule has 0 bridgehead atoms. The maximum atomic E-state index is 12.2. The van der Waals surface area contributed by atoms with Crippen molar-refractivity contribution >= 4 is 51.9 Å². The van der Waals surface area contributed by atoms with Crippen molar-refractivity contribution in [2.75, 3.05) is 6.54 Å². The van der Waals surface area contributed by atoms with Crippen molar-refractivity contribution in [3.05, 3.63) is 39.8 Å². The summed E-state index contributed by atoms with van der Waals surface area (Å²) in [5.74, 6) is -0.0108. The number of rotatable bonds is 4. The molecule has 1 saturated heterocycles. The molecule has 0 saturated carbocycles. The van der Waals surface area contributed by atoms with E-state index in [1.807, 2.05) is 30.3 Å². The van der Waals surface area contributed by atoms with Gasteiger partial charge in [-0.25, -0.2) is 0 Å².